The second-order valence-corrected chi connectivity index (χ2v) is 6.83. The van der Waals surface area contributed by atoms with Gasteiger partial charge in [0, 0.05) is 16.4 Å². The second-order valence-electron chi connectivity index (χ2n) is 5.75. The summed E-state index contributed by atoms with van der Waals surface area (Å²) in [5.74, 6) is 0.640. The van der Waals surface area contributed by atoms with Crippen LogP contribution in [-0.4, -0.2) is 11.9 Å². The van der Waals surface area contributed by atoms with Crippen molar-refractivity contribution < 1.29 is 4.79 Å². The maximum atomic E-state index is 12.4. The molecule has 1 amide bonds. The quantitative estimate of drug-likeness (QED) is 0.826. The van der Waals surface area contributed by atoms with Gasteiger partial charge in [0.2, 0.25) is 0 Å². The van der Waals surface area contributed by atoms with Crippen molar-refractivity contribution >= 4 is 33.0 Å². The summed E-state index contributed by atoms with van der Waals surface area (Å²) in [4.78, 5) is 13.2. The first kappa shape index (κ1) is 13.4. The zero-order chi connectivity index (χ0) is 14.1. The molecule has 2 unspecified atom stereocenters. The third kappa shape index (κ3) is 2.66. The molecule has 20 heavy (non-hydrogen) atoms. The predicted molar refractivity (Wildman–Crippen MR) is 85.1 cm³/mol. The molecule has 3 N–H and O–H groups in total. The van der Waals surface area contributed by atoms with Gasteiger partial charge in [-0.15, -0.1) is 11.3 Å². The number of amides is 1. The third-order valence-corrected chi connectivity index (χ3v) is 5.31. The third-order valence-electron chi connectivity index (χ3n) is 4.19. The Morgan fingerprint density at radius 1 is 1.30 bits per heavy atom. The van der Waals surface area contributed by atoms with Crippen LogP contribution in [-0.2, 0) is 0 Å². The summed E-state index contributed by atoms with van der Waals surface area (Å²) in [5.41, 5.74) is 6.52. The van der Waals surface area contributed by atoms with Crippen LogP contribution in [0.4, 0.5) is 5.69 Å². The van der Waals surface area contributed by atoms with Gasteiger partial charge >= 0.3 is 0 Å². The van der Waals surface area contributed by atoms with Crippen LogP contribution < -0.4 is 11.1 Å². The molecule has 1 fully saturated rings. The molecule has 106 valence electrons. The molecular weight excluding hydrogens is 268 g/mol. The Kier molecular flexibility index (Phi) is 3.66. The van der Waals surface area contributed by atoms with E-state index in [1.165, 1.54) is 30.6 Å². The average Bonchev–Trinajstić information content (AvgIpc) is 2.84. The van der Waals surface area contributed by atoms with E-state index in [1.807, 2.05) is 24.3 Å². The number of thiophene rings is 1. The van der Waals surface area contributed by atoms with Gasteiger partial charge in [0.1, 0.15) is 0 Å². The Balaban J connectivity index is 1.78. The van der Waals surface area contributed by atoms with Crippen molar-refractivity contribution in [3.05, 3.63) is 29.1 Å². The minimum atomic E-state index is 0.0588. The molecule has 2 atom stereocenters. The number of fused-ring (bicyclic) bond motifs is 1. The fourth-order valence-corrected chi connectivity index (χ4v) is 3.89. The van der Waals surface area contributed by atoms with Crippen LogP contribution in [0.25, 0.3) is 10.1 Å². The summed E-state index contributed by atoms with van der Waals surface area (Å²) >= 11 is 1.54. The minimum absolute atomic E-state index is 0.0588. The zero-order valence-electron chi connectivity index (χ0n) is 11.7. The standard InChI is InChI=1S/C16H20N2OS/c1-10-4-2-3-5-13(10)18-16(19)15-9-11-8-12(17)6-7-14(11)20-15/h6-10,13H,2-5,17H2,1H3,(H,18,19). The first-order valence-electron chi connectivity index (χ1n) is 7.23. The van der Waals surface area contributed by atoms with E-state index in [4.69, 9.17) is 5.73 Å². The van der Waals surface area contributed by atoms with E-state index in [1.54, 1.807) is 0 Å². The maximum Gasteiger partial charge on any atom is 0.261 e. The molecule has 0 bridgehead atoms. The van der Waals surface area contributed by atoms with E-state index in [-0.39, 0.29) is 5.91 Å². The summed E-state index contributed by atoms with van der Waals surface area (Å²) in [6.07, 6.45) is 4.83. The number of carbonyl (C=O) groups is 1. The van der Waals surface area contributed by atoms with Gasteiger partial charge in [0.25, 0.3) is 5.91 Å². The number of hydrogen-bond acceptors (Lipinski definition) is 3. The van der Waals surface area contributed by atoms with Crippen molar-refractivity contribution in [3.63, 3.8) is 0 Å². The topological polar surface area (TPSA) is 55.1 Å². The lowest BCUT2D eigenvalue weighted by Gasteiger charge is -2.29. The molecule has 1 saturated carbocycles. The highest BCUT2D eigenvalue weighted by Crippen LogP contribution is 2.28. The van der Waals surface area contributed by atoms with E-state index < -0.39 is 0 Å². The van der Waals surface area contributed by atoms with Gasteiger partial charge in [-0.2, -0.15) is 0 Å². The molecule has 3 rings (SSSR count). The van der Waals surface area contributed by atoms with Crippen molar-refractivity contribution in [2.45, 2.75) is 38.6 Å². The Bertz CT molecular complexity index is 634. The van der Waals surface area contributed by atoms with E-state index in [0.29, 0.717) is 12.0 Å². The fourth-order valence-electron chi connectivity index (χ4n) is 2.94. The summed E-state index contributed by atoms with van der Waals surface area (Å²) in [6, 6.07) is 8.05. The monoisotopic (exact) mass is 288 g/mol. The highest BCUT2D eigenvalue weighted by Gasteiger charge is 2.23. The van der Waals surface area contributed by atoms with E-state index >= 15 is 0 Å². The highest BCUT2D eigenvalue weighted by atomic mass is 32.1. The number of nitrogens with one attached hydrogen (secondary N) is 1. The molecule has 2 aromatic rings. The number of rotatable bonds is 2. The smallest absolute Gasteiger partial charge is 0.261 e. The molecule has 0 saturated heterocycles. The van der Waals surface area contributed by atoms with Crippen molar-refractivity contribution in [1.29, 1.82) is 0 Å². The largest absolute Gasteiger partial charge is 0.399 e. The van der Waals surface area contributed by atoms with Crippen molar-refractivity contribution in [3.8, 4) is 0 Å². The highest BCUT2D eigenvalue weighted by molar-refractivity contribution is 7.20. The normalized spacial score (nSPS) is 22.9. The predicted octanol–water partition coefficient (Wildman–Crippen LogP) is 3.79. The molecule has 0 aliphatic heterocycles. The summed E-state index contributed by atoms with van der Waals surface area (Å²) < 4.78 is 1.11. The molecule has 1 aliphatic rings. The molecule has 0 spiro atoms. The molecule has 1 aromatic carbocycles. The van der Waals surface area contributed by atoms with Crippen LogP contribution in [0.1, 0.15) is 42.3 Å². The van der Waals surface area contributed by atoms with Gasteiger partial charge in [-0.1, -0.05) is 19.8 Å². The molecule has 1 aliphatic carbocycles. The number of anilines is 1. The van der Waals surface area contributed by atoms with Crippen LogP contribution in [0.5, 0.6) is 0 Å². The minimum Gasteiger partial charge on any atom is -0.399 e. The zero-order valence-corrected chi connectivity index (χ0v) is 12.5. The molecule has 0 radical (unpaired) electrons. The number of benzene rings is 1. The van der Waals surface area contributed by atoms with Crippen molar-refractivity contribution in [2.75, 3.05) is 5.73 Å². The lowest BCUT2D eigenvalue weighted by molar-refractivity contribution is 0.0914. The number of nitrogens with two attached hydrogens (primary N) is 1. The van der Waals surface area contributed by atoms with Crippen LogP contribution >= 0.6 is 11.3 Å². The van der Waals surface area contributed by atoms with Gasteiger partial charge in [0.15, 0.2) is 0 Å². The van der Waals surface area contributed by atoms with Crippen LogP contribution in [0.15, 0.2) is 24.3 Å². The molecule has 4 heteroatoms. The SMILES string of the molecule is CC1CCCCC1NC(=O)c1cc2cc(N)ccc2s1. The van der Waals surface area contributed by atoms with E-state index in [2.05, 4.69) is 12.2 Å². The van der Waals surface area contributed by atoms with Crippen LogP contribution in [0.3, 0.4) is 0 Å². The van der Waals surface area contributed by atoms with Gasteiger partial charge in [0.05, 0.1) is 4.88 Å². The lowest BCUT2D eigenvalue weighted by atomic mass is 9.86. The first-order chi connectivity index (χ1) is 9.63. The van der Waals surface area contributed by atoms with Gasteiger partial charge in [-0.3, -0.25) is 4.79 Å². The average molecular weight is 288 g/mol. The van der Waals surface area contributed by atoms with Crippen LogP contribution in [0.2, 0.25) is 0 Å². The van der Waals surface area contributed by atoms with Gasteiger partial charge in [-0.25, -0.2) is 0 Å². The Labute approximate surface area is 123 Å². The Morgan fingerprint density at radius 2 is 2.10 bits per heavy atom. The first-order valence-corrected chi connectivity index (χ1v) is 8.05. The molecule has 1 heterocycles. The summed E-state index contributed by atoms with van der Waals surface area (Å²) in [5, 5.41) is 4.25. The summed E-state index contributed by atoms with van der Waals surface area (Å²) in [7, 11) is 0. The molecule has 3 nitrogen and oxygen atoms in total. The molecule has 1 aromatic heterocycles. The summed E-state index contributed by atoms with van der Waals surface area (Å²) in [6.45, 7) is 2.23. The van der Waals surface area contributed by atoms with E-state index in [9.17, 15) is 4.79 Å². The van der Waals surface area contributed by atoms with Crippen molar-refractivity contribution in [1.82, 2.24) is 5.32 Å². The lowest BCUT2D eigenvalue weighted by Crippen LogP contribution is -2.40. The number of hydrogen-bond donors (Lipinski definition) is 2. The van der Waals surface area contributed by atoms with Crippen LogP contribution in [0, 0.1) is 5.92 Å². The second kappa shape index (κ2) is 5.44. The Hall–Kier alpha value is -1.55. The maximum absolute atomic E-state index is 12.4. The van der Waals surface area contributed by atoms with Gasteiger partial charge in [-0.05, 0) is 48.4 Å². The Morgan fingerprint density at radius 3 is 2.90 bits per heavy atom. The number of carbonyl (C=O) groups excluding carboxylic acids is 1. The molecular formula is C16H20N2OS. The van der Waals surface area contributed by atoms with Crippen molar-refractivity contribution in [2.24, 2.45) is 5.92 Å². The van der Waals surface area contributed by atoms with Gasteiger partial charge < -0.3 is 11.1 Å². The van der Waals surface area contributed by atoms with E-state index in [0.717, 1.165) is 27.1 Å². The fraction of sp³-hybridized carbons (Fsp3) is 0.438. The number of nitrogen functional groups attached to an aromatic ring is 1.